The summed E-state index contributed by atoms with van der Waals surface area (Å²) >= 11 is 0. The second-order valence-electron chi connectivity index (χ2n) is 14.6. The Kier molecular flexibility index (Phi) is 7.42. The summed E-state index contributed by atoms with van der Waals surface area (Å²) in [6.07, 6.45) is 3.85. The highest BCUT2D eigenvalue weighted by molar-refractivity contribution is 6.13. The summed E-state index contributed by atoms with van der Waals surface area (Å²) in [5.41, 5.74) is 16.1. The van der Waals surface area contributed by atoms with E-state index in [-0.39, 0.29) is 6.17 Å². The van der Waals surface area contributed by atoms with E-state index in [1.54, 1.807) is 0 Å². The van der Waals surface area contributed by atoms with E-state index < -0.39 is 5.41 Å². The molecule has 8 aromatic rings. The van der Waals surface area contributed by atoms with Gasteiger partial charge < -0.3 is 10.1 Å². The third-order valence-corrected chi connectivity index (χ3v) is 11.4. The van der Waals surface area contributed by atoms with E-state index in [9.17, 15) is 0 Å². The molecule has 1 N–H and O–H groups in total. The van der Waals surface area contributed by atoms with E-state index in [0.29, 0.717) is 0 Å². The summed E-state index contributed by atoms with van der Waals surface area (Å²) in [5.74, 6) is 1.74. The Hall–Kier alpha value is -7.30. The van der Waals surface area contributed by atoms with Crippen molar-refractivity contribution in [1.82, 2.24) is 10.3 Å². The first kappa shape index (κ1) is 32.2. The smallest absolute Gasteiger partial charge is 0.145 e. The van der Waals surface area contributed by atoms with Crippen LogP contribution in [0.4, 0.5) is 0 Å². The molecule has 4 heteroatoms. The van der Waals surface area contributed by atoms with Crippen molar-refractivity contribution < 1.29 is 4.74 Å². The molecule has 7 aromatic carbocycles. The largest absolute Gasteiger partial charge is 0.457 e. The van der Waals surface area contributed by atoms with Crippen LogP contribution in [-0.2, 0) is 5.41 Å². The quantitative estimate of drug-likeness (QED) is 0.193. The third-order valence-electron chi connectivity index (χ3n) is 11.4. The Morgan fingerprint density at radius 3 is 1.82 bits per heavy atom. The Labute approximate surface area is 326 Å². The molecule has 0 bridgehead atoms. The molecule has 1 unspecified atom stereocenters. The monoisotopic (exact) mass is 717 g/mol. The average molecular weight is 718 g/mol. The fourth-order valence-corrected chi connectivity index (χ4v) is 8.87. The van der Waals surface area contributed by atoms with Crippen molar-refractivity contribution in [2.75, 3.05) is 0 Å². The SMILES string of the molecule is C1=C(c2ccc(-c3ccccc3)cc2)NC(c2ccccc2)N=C1c1cccc(-c2ccc3c(c2)C2(c4ccccc4Oc4ccccc42)c2cccnc2-3)c1. The highest BCUT2D eigenvalue weighted by Crippen LogP contribution is 2.61. The summed E-state index contributed by atoms with van der Waals surface area (Å²) in [6, 6.07) is 66.6. The number of hydrogen-bond acceptors (Lipinski definition) is 4. The lowest BCUT2D eigenvalue weighted by Crippen LogP contribution is -2.32. The zero-order valence-corrected chi connectivity index (χ0v) is 30.4. The number of allylic oxidation sites excluding steroid dienone is 1. The molecule has 0 fully saturated rings. The summed E-state index contributed by atoms with van der Waals surface area (Å²) in [6.45, 7) is 0. The Balaban J connectivity index is 1.03. The maximum absolute atomic E-state index is 6.56. The molecule has 4 nitrogen and oxygen atoms in total. The lowest BCUT2D eigenvalue weighted by atomic mass is 9.66. The first-order valence-corrected chi connectivity index (χ1v) is 19.1. The van der Waals surface area contributed by atoms with E-state index >= 15 is 0 Å². The van der Waals surface area contributed by atoms with Gasteiger partial charge in [0.15, 0.2) is 0 Å². The van der Waals surface area contributed by atoms with Gasteiger partial charge in [0.05, 0.1) is 16.8 Å². The molecule has 1 aliphatic carbocycles. The molecule has 3 aliphatic rings. The molecule has 0 amide bonds. The van der Waals surface area contributed by atoms with Gasteiger partial charge >= 0.3 is 0 Å². The Morgan fingerprint density at radius 2 is 1.05 bits per heavy atom. The lowest BCUT2D eigenvalue weighted by molar-refractivity contribution is 0.436. The minimum atomic E-state index is -0.576. The first-order chi connectivity index (χ1) is 27.7. The molecule has 3 heterocycles. The number of nitrogens with zero attached hydrogens (tertiary/aromatic N) is 2. The van der Waals surface area contributed by atoms with E-state index in [2.05, 4.69) is 181 Å². The topological polar surface area (TPSA) is 46.5 Å². The van der Waals surface area contributed by atoms with Gasteiger partial charge in [-0.2, -0.15) is 0 Å². The van der Waals surface area contributed by atoms with Gasteiger partial charge in [-0.25, -0.2) is 0 Å². The Morgan fingerprint density at radius 1 is 0.464 bits per heavy atom. The number of nitrogens with one attached hydrogen (secondary N) is 1. The minimum absolute atomic E-state index is 0.233. The molecule has 56 heavy (non-hydrogen) atoms. The van der Waals surface area contributed by atoms with Crippen molar-refractivity contribution in [2.45, 2.75) is 11.6 Å². The normalized spacial score (nSPS) is 15.6. The number of pyridine rings is 1. The highest BCUT2D eigenvalue weighted by atomic mass is 16.5. The zero-order chi connectivity index (χ0) is 37.1. The van der Waals surface area contributed by atoms with Crippen LogP contribution >= 0.6 is 0 Å². The maximum Gasteiger partial charge on any atom is 0.145 e. The molecule has 2 aliphatic heterocycles. The Bertz CT molecular complexity index is 2810. The van der Waals surface area contributed by atoms with Crippen LogP contribution in [-0.4, -0.2) is 10.7 Å². The highest BCUT2D eigenvalue weighted by Gasteiger charge is 2.51. The minimum Gasteiger partial charge on any atom is -0.457 e. The van der Waals surface area contributed by atoms with Gasteiger partial charge in [0, 0.05) is 34.1 Å². The summed E-state index contributed by atoms with van der Waals surface area (Å²) < 4.78 is 6.56. The molecule has 0 saturated heterocycles. The number of rotatable bonds is 5. The van der Waals surface area contributed by atoms with Crippen LogP contribution in [0.5, 0.6) is 11.5 Å². The molecular formula is C52H35N3O. The lowest BCUT2D eigenvalue weighted by Gasteiger charge is -2.39. The molecule has 0 saturated carbocycles. The number of aliphatic imine (C=N–C) groups is 1. The van der Waals surface area contributed by atoms with Crippen LogP contribution in [0.15, 0.2) is 205 Å². The van der Waals surface area contributed by atoms with Crippen molar-refractivity contribution in [1.29, 1.82) is 0 Å². The number of ether oxygens (including phenoxy) is 1. The van der Waals surface area contributed by atoms with Crippen LogP contribution in [0.2, 0.25) is 0 Å². The number of hydrogen-bond donors (Lipinski definition) is 1. The molecule has 1 aromatic heterocycles. The van der Waals surface area contributed by atoms with Gasteiger partial charge in [0.25, 0.3) is 0 Å². The number of benzene rings is 7. The van der Waals surface area contributed by atoms with E-state index in [1.165, 1.54) is 22.3 Å². The van der Waals surface area contributed by atoms with Crippen LogP contribution < -0.4 is 10.1 Å². The standard InChI is InChI=1S/C52H35N3O/c1-3-13-34(14-4-1)35-24-26-36(27-25-35)46-33-47(55-51(54-46)37-15-5-2-6-16-37)40-18-11-17-38(31-40)39-28-29-41-45(32-39)52(44-21-12-30-53-50(41)44)42-19-7-9-22-48(42)56-49-23-10-8-20-43(49)52/h1-33,51,54H. The third kappa shape index (κ3) is 5.07. The summed E-state index contributed by atoms with van der Waals surface area (Å²) in [7, 11) is 0. The molecule has 264 valence electrons. The van der Waals surface area contributed by atoms with Gasteiger partial charge in [0.2, 0.25) is 0 Å². The predicted octanol–water partition coefficient (Wildman–Crippen LogP) is 12.0. The van der Waals surface area contributed by atoms with Crippen molar-refractivity contribution in [3.05, 3.63) is 239 Å². The molecule has 11 rings (SSSR count). The van der Waals surface area contributed by atoms with Gasteiger partial charge in [-0.1, -0.05) is 158 Å². The zero-order valence-electron chi connectivity index (χ0n) is 30.4. The number of para-hydroxylation sites is 2. The molecule has 1 atom stereocenters. The maximum atomic E-state index is 6.56. The van der Waals surface area contributed by atoms with Gasteiger partial charge in [-0.3, -0.25) is 9.98 Å². The van der Waals surface area contributed by atoms with E-state index in [1.807, 2.05) is 24.4 Å². The summed E-state index contributed by atoms with van der Waals surface area (Å²) in [5, 5.41) is 3.73. The average Bonchev–Trinajstić information content (AvgIpc) is 3.57. The van der Waals surface area contributed by atoms with Crippen LogP contribution in [0.3, 0.4) is 0 Å². The van der Waals surface area contributed by atoms with Crippen LogP contribution in [0.1, 0.15) is 45.1 Å². The number of aromatic nitrogens is 1. The summed E-state index contributed by atoms with van der Waals surface area (Å²) in [4.78, 5) is 10.3. The number of fused-ring (bicyclic) bond motifs is 9. The van der Waals surface area contributed by atoms with E-state index in [0.717, 1.165) is 73.1 Å². The fraction of sp³-hybridized carbons (Fsp3) is 0.0385. The van der Waals surface area contributed by atoms with Crippen LogP contribution in [0, 0.1) is 0 Å². The molecule has 1 spiro atoms. The van der Waals surface area contributed by atoms with Crippen molar-refractivity contribution in [3.8, 4) is 45.0 Å². The fourth-order valence-electron chi connectivity index (χ4n) is 8.87. The van der Waals surface area contributed by atoms with Gasteiger partial charge in [0.1, 0.15) is 17.7 Å². The van der Waals surface area contributed by atoms with Gasteiger partial charge in [-0.05, 0) is 80.9 Å². The molecular weight excluding hydrogens is 683 g/mol. The first-order valence-electron chi connectivity index (χ1n) is 19.1. The van der Waals surface area contributed by atoms with Crippen LogP contribution in [0.25, 0.3) is 39.2 Å². The predicted molar refractivity (Wildman–Crippen MR) is 226 cm³/mol. The second-order valence-corrected chi connectivity index (χ2v) is 14.6. The van der Waals surface area contributed by atoms with Crippen molar-refractivity contribution in [2.24, 2.45) is 4.99 Å². The van der Waals surface area contributed by atoms with E-state index in [4.69, 9.17) is 14.7 Å². The van der Waals surface area contributed by atoms with Crippen molar-refractivity contribution >= 4 is 11.4 Å². The second kappa shape index (κ2) is 12.9. The molecule has 0 radical (unpaired) electrons. The van der Waals surface area contributed by atoms with Crippen molar-refractivity contribution in [3.63, 3.8) is 0 Å². The van der Waals surface area contributed by atoms with Gasteiger partial charge in [-0.15, -0.1) is 0 Å².